The summed E-state index contributed by atoms with van der Waals surface area (Å²) in [6.07, 6.45) is 4.09. The van der Waals surface area contributed by atoms with Gasteiger partial charge in [-0.2, -0.15) is 16.9 Å². The quantitative estimate of drug-likeness (QED) is 0.654. The Labute approximate surface area is 111 Å². The average molecular weight is 275 g/mol. The molecule has 1 saturated heterocycles. The maximum atomic E-state index is 6.25. The van der Waals surface area contributed by atoms with E-state index in [1.165, 1.54) is 12.2 Å². The Bertz CT molecular complexity index is 387. The third-order valence-corrected chi connectivity index (χ3v) is 5.32. The highest BCUT2D eigenvalue weighted by atomic mass is 35.5. The number of hydrogen-bond donors (Lipinski definition) is 2. The summed E-state index contributed by atoms with van der Waals surface area (Å²) in [6, 6.07) is 0.0462. The first-order valence-corrected chi connectivity index (χ1v) is 7.30. The van der Waals surface area contributed by atoms with Gasteiger partial charge in [-0.3, -0.25) is 10.5 Å². The number of rotatable bonds is 4. The summed E-state index contributed by atoms with van der Waals surface area (Å²) in [6.45, 7) is 5.12. The van der Waals surface area contributed by atoms with Crippen LogP contribution < -0.4 is 11.3 Å². The average Bonchev–Trinajstić information content (AvgIpc) is 2.89. The molecule has 0 aliphatic carbocycles. The summed E-state index contributed by atoms with van der Waals surface area (Å²) in [4.78, 5) is 0. The van der Waals surface area contributed by atoms with Crippen LogP contribution in [0.1, 0.15) is 38.4 Å². The fraction of sp³-hybridized carbons (Fsp3) is 0.727. The van der Waals surface area contributed by atoms with Crippen molar-refractivity contribution >= 4 is 23.4 Å². The molecular formula is C11H19ClN4S. The van der Waals surface area contributed by atoms with Crippen molar-refractivity contribution in [3.8, 4) is 0 Å². The van der Waals surface area contributed by atoms with Crippen LogP contribution >= 0.6 is 23.4 Å². The second-order valence-electron chi connectivity index (χ2n) is 4.56. The maximum absolute atomic E-state index is 6.25. The molecule has 6 heteroatoms. The van der Waals surface area contributed by atoms with Crippen LogP contribution in [0.4, 0.5) is 0 Å². The van der Waals surface area contributed by atoms with Crippen LogP contribution in [0.25, 0.3) is 0 Å². The SMILES string of the molecule is CCn1ncc(Cl)c1C(NN)C1(C)CCCS1. The largest absolute Gasteiger partial charge is 0.271 e. The summed E-state index contributed by atoms with van der Waals surface area (Å²) in [5, 5.41) is 4.98. The number of hydrazine groups is 1. The molecule has 0 bridgehead atoms. The van der Waals surface area contributed by atoms with Gasteiger partial charge in [-0.1, -0.05) is 11.6 Å². The summed E-state index contributed by atoms with van der Waals surface area (Å²) < 4.78 is 2.03. The third-order valence-electron chi connectivity index (χ3n) is 3.43. The number of aromatic nitrogens is 2. The van der Waals surface area contributed by atoms with Crippen molar-refractivity contribution in [1.29, 1.82) is 0 Å². The second kappa shape index (κ2) is 5.18. The van der Waals surface area contributed by atoms with Crippen molar-refractivity contribution in [2.24, 2.45) is 5.84 Å². The van der Waals surface area contributed by atoms with E-state index < -0.39 is 0 Å². The highest BCUT2D eigenvalue weighted by molar-refractivity contribution is 8.00. The maximum Gasteiger partial charge on any atom is 0.0835 e. The van der Waals surface area contributed by atoms with E-state index in [-0.39, 0.29) is 10.8 Å². The Kier molecular flexibility index (Phi) is 4.02. The zero-order chi connectivity index (χ0) is 12.5. The molecule has 2 atom stereocenters. The number of nitrogens with one attached hydrogen (secondary N) is 1. The molecule has 96 valence electrons. The summed E-state index contributed by atoms with van der Waals surface area (Å²) in [7, 11) is 0. The van der Waals surface area contributed by atoms with E-state index >= 15 is 0 Å². The highest BCUT2D eigenvalue weighted by Gasteiger charge is 2.40. The molecule has 17 heavy (non-hydrogen) atoms. The fourth-order valence-electron chi connectivity index (χ4n) is 2.48. The standard InChI is InChI=1S/C11H19ClN4S/c1-3-16-9(8(12)7-14-16)10(15-13)11(2)5-4-6-17-11/h7,10,15H,3-6,13H2,1-2H3. The lowest BCUT2D eigenvalue weighted by molar-refractivity contribution is 0.393. The minimum absolute atomic E-state index is 0.0462. The van der Waals surface area contributed by atoms with Gasteiger partial charge in [0.2, 0.25) is 0 Å². The normalized spacial score (nSPS) is 26.4. The Morgan fingerprint density at radius 3 is 3.06 bits per heavy atom. The molecule has 0 spiro atoms. The molecule has 1 aromatic rings. The first-order chi connectivity index (χ1) is 8.12. The van der Waals surface area contributed by atoms with Crippen molar-refractivity contribution in [3.05, 3.63) is 16.9 Å². The first kappa shape index (κ1) is 13.2. The third kappa shape index (κ3) is 2.34. The Hall–Kier alpha value is -0.230. The van der Waals surface area contributed by atoms with E-state index in [4.69, 9.17) is 17.4 Å². The molecule has 1 aliphatic rings. The van der Waals surface area contributed by atoms with Crippen LogP contribution in [-0.4, -0.2) is 20.3 Å². The van der Waals surface area contributed by atoms with Crippen LogP contribution in [0.2, 0.25) is 5.02 Å². The summed E-state index contributed by atoms with van der Waals surface area (Å²) >= 11 is 8.21. The molecule has 1 fully saturated rings. The molecule has 0 aromatic carbocycles. The van der Waals surface area contributed by atoms with E-state index in [9.17, 15) is 0 Å². The molecule has 2 unspecified atom stereocenters. The zero-order valence-corrected chi connectivity index (χ0v) is 11.8. The van der Waals surface area contributed by atoms with Crippen molar-refractivity contribution in [1.82, 2.24) is 15.2 Å². The minimum atomic E-state index is 0.0462. The van der Waals surface area contributed by atoms with Crippen LogP contribution in [-0.2, 0) is 6.54 Å². The van der Waals surface area contributed by atoms with Crippen molar-refractivity contribution in [2.75, 3.05) is 5.75 Å². The van der Waals surface area contributed by atoms with Gasteiger partial charge in [0.25, 0.3) is 0 Å². The number of aryl methyl sites for hydroxylation is 1. The summed E-state index contributed by atoms with van der Waals surface area (Å²) in [5.74, 6) is 6.95. The minimum Gasteiger partial charge on any atom is -0.271 e. The smallest absolute Gasteiger partial charge is 0.0835 e. The molecule has 2 heterocycles. The van der Waals surface area contributed by atoms with Crippen LogP contribution in [0, 0.1) is 0 Å². The van der Waals surface area contributed by atoms with E-state index in [0.29, 0.717) is 5.02 Å². The molecule has 4 nitrogen and oxygen atoms in total. The molecule has 1 aromatic heterocycles. The molecule has 0 radical (unpaired) electrons. The predicted molar refractivity (Wildman–Crippen MR) is 73.1 cm³/mol. The molecule has 2 rings (SSSR count). The second-order valence-corrected chi connectivity index (χ2v) is 6.59. The number of halogens is 1. The van der Waals surface area contributed by atoms with Gasteiger partial charge in [0.05, 0.1) is 23.0 Å². The van der Waals surface area contributed by atoms with Gasteiger partial charge < -0.3 is 0 Å². The molecule has 0 amide bonds. The van der Waals surface area contributed by atoms with Gasteiger partial charge in [0.1, 0.15) is 0 Å². The molecule has 0 saturated carbocycles. The van der Waals surface area contributed by atoms with Gasteiger partial charge in [-0.05, 0) is 32.4 Å². The molecular weight excluding hydrogens is 256 g/mol. The Morgan fingerprint density at radius 2 is 2.53 bits per heavy atom. The van der Waals surface area contributed by atoms with E-state index in [1.807, 2.05) is 16.4 Å². The monoisotopic (exact) mass is 274 g/mol. The first-order valence-electron chi connectivity index (χ1n) is 5.93. The van der Waals surface area contributed by atoms with E-state index in [2.05, 4.69) is 24.4 Å². The van der Waals surface area contributed by atoms with Gasteiger partial charge in [0, 0.05) is 11.3 Å². The Balaban J connectivity index is 2.37. The zero-order valence-electron chi connectivity index (χ0n) is 10.2. The van der Waals surface area contributed by atoms with Crippen LogP contribution in [0.3, 0.4) is 0 Å². The Morgan fingerprint density at radius 1 is 1.76 bits per heavy atom. The fourth-order valence-corrected chi connectivity index (χ4v) is 4.12. The molecule has 1 aliphatic heterocycles. The summed E-state index contributed by atoms with van der Waals surface area (Å²) in [5.41, 5.74) is 3.94. The predicted octanol–water partition coefficient (Wildman–Crippen LogP) is 2.35. The topological polar surface area (TPSA) is 55.9 Å². The number of hydrogen-bond acceptors (Lipinski definition) is 4. The van der Waals surface area contributed by atoms with Gasteiger partial charge in [-0.15, -0.1) is 0 Å². The lowest BCUT2D eigenvalue weighted by Gasteiger charge is -2.33. The van der Waals surface area contributed by atoms with Crippen LogP contribution in [0.15, 0.2) is 6.20 Å². The van der Waals surface area contributed by atoms with Gasteiger partial charge >= 0.3 is 0 Å². The number of thioether (sulfide) groups is 1. The number of nitrogens with two attached hydrogens (primary N) is 1. The van der Waals surface area contributed by atoms with E-state index in [1.54, 1.807) is 6.20 Å². The van der Waals surface area contributed by atoms with Gasteiger partial charge in [0.15, 0.2) is 0 Å². The van der Waals surface area contributed by atoms with Gasteiger partial charge in [-0.25, -0.2) is 5.43 Å². The number of nitrogens with zero attached hydrogens (tertiary/aromatic N) is 2. The lowest BCUT2D eigenvalue weighted by atomic mass is 9.94. The van der Waals surface area contributed by atoms with Crippen molar-refractivity contribution in [2.45, 2.75) is 44.0 Å². The van der Waals surface area contributed by atoms with Crippen LogP contribution in [0.5, 0.6) is 0 Å². The van der Waals surface area contributed by atoms with Crippen molar-refractivity contribution in [3.63, 3.8) is 0 Å². The highest BCUT2D eigenvalue weighted by Crippen LogP contribution is 2.47. The van der Waals surface area contributed by atoms with E-state index in [0.717, 1.165) is 18.7 Å². The molecule has 3 N–H and O–H groups in total. The lowest BCUT2D eigenvalue weighted by Crippen LogP contribution is -2.42. The van der Waals surface area contributed by atoms with Crippen molar-refractivity contribution < 1.29 is 0 Å².